The Morgan fingerprint density at radius 2 is 1.65 bits per heavy atom. The standard InChI is InChI=1S/C14H23NO4Si/c1-5-17-20(18-6-2,19-7-3)14-10-8-9-13(11-14)15-12-16-4/h8-12H,5-7H2,1-4H3. The second-order valence-corrected chi connectivity index (χ2v) is 6.43. The van der Waals surface area contributed by atoms with E-state index in [1.807, 2.05) is 45.0 Å². The molecule has 0 aromatic heterocycles. The highest BCUT2D eigenvalue weighted by Crippen LogP contribution is 2.15. The zero-order valence-corrected chi connectivity index (χ0v) is 13.6. The summed E-state index contributed by atoms with van der Waals surface area (Å²) in [6.45, 7) is 7.43. The third kappa shape index (κ3) is 4.41. The first-order chi connectivity index (χ1) is 9.72. The Bertz CT molecular complexity index is 408. The van der Waals surface area contributed by atoms with Crippen LogP contribution in [0.25, 0.3) is 0 Å². The van der Waals surface area contributed by atoms with Gasteiger partial charge in [0.2, 0.25) is 0 Å². The van der Waals surface area contributed by atoms with Gasteiger partial charge in [0.1, 0.15) is 0 Å². The van der Waals surface area contributed by atoms with Crippen LogP contribution in [0.1, 0.15) is 20.8 Å². The van der Waals surface area contributed by atoms with Gasteiger partial charge >= 0.3 is 8.80 Å². The van der Waals surface area contributed by atoms with Crippen LogP contribution < -0.4 is 5.19 Å². The number of rotatable bonds is 9. The van der Waals surface area contributed by atoms with E-state index in [4.69, 9.17) is 18.0 Å². The van der Waals surface area contributed by atoms with E-state index >= 15 is 0 Å². The van der Waals surface area contributed by atoms with Crippen molar-refractivity contribution in [3.63, 3.8) is 0 Å². The minimum atomic E-state index is -2.86. The lowest BCUT2D eigenvalue weighted by molar-refractivity contribution is 0.0859. The molecule has 0 radical (unpaired) electrons. The molecule has 0 aliphatic heterocycles. The number of aliphatic imine (C=N–C) groups is 1. The lowest BCUT2D eigenvalue weighted by atomic mass is 10.3. The normalized spacial score (nSPS) is 12.0. The fraction of sp³-hybridized carbons (Fsp3) is 0.500. The number of hydrogen-bond donors (Lipinski definition) is 0. The molecule has 0 bridgehead atoms. The van der Waals surface area contributed by atoms with Crippen LogP contribution in [0.4, 0.5) is 5.69 Å². The van der Waals surface area contributed by atoms with Crippen LogP contribution in [0.2, 0.25) is 0 Å². The minimum absolute atomic E-state index is 0.539. The summed E-state index contributed by atoms with van der Waals surface area (Å²) in [7, 11) is -1.29. The van der Waals surface area contributed by atoms with Gasteiger partial charge in [-0.15, -0.1) is 0 Å². The highest BCUT2D eigenvalue weighted by molar-refractivity contribution is 6.75. The summed E-state index contributed by atoms with van der Waals surface area (Å²) in [6, 6.07) is 7.68. The Labute approximate surface area is 121 Å². The molecular formula is C14H23NO4Si. The van der Waals surface area contributed by atoms with Gasteiger partial charge in [0.05, 0.1) is 12.8 Å². The second kappa shape index (κ2) is 8.86. The van der Waals surface area contributed by atoms with Gasteiger partial charge in [-0.2, -0.15) is 0 Å². The van der Waals surface area contributed by atoms with Gasteiger partial charge in [0.15, 0.2) is 6.40 Å². The molecule has 0 atom stereocenters. The predicted molar refractivity (Wildman–Crippen MR) is 81.9 cm³/mol. The summed E-state index contributed by atoms with van der Waals surface area (Å²) in [5.41, 5.74) is 0.778. The molecule has 0 amide bonds. The van der Waals surface area contributed by atoms with Crippen LogP contribution in [0.15, 0.2) is 29.3 Å². The summed E-state index contributed by atoms with van der Waals surface area (Å²) in [6.07, 6.45) is 1.39. The minimum Gasteiger partial charge on any atom is -0.486 e. The van der Waals surface area contributed by atoms with Gasteiger partial charge in [0.25, 0.3) is 0 Å². The molecule has 20 heavy (non-hydrogen) atoms. The predicted octanol–water partition coefficient (Wildman–Crippen LogP) is 2.25. The molecule has 0 heterocycles. The Balaban J connectivity index is 3.14. The van der Waals surface area contributed by atoms with E-state index in [1.165, 1.54) is 6.40 Å². The molecule has 1 aromatic carbocycles. The number of nitrogens with zero attached hydrogens (tertiary/aromatic N) is 1. The van der Waals surface area contributed by atoms with E-state index in [9.17, 15) is 0 Å². The van der Waals surface area contributed by atoms with Gasteiger partial charge in [-0.3, -0.25) is 0 Å². The van der Waals surface area contributed by atoms with E-state index in [1.54, 1.807) is 7.11 Å². The highest BCUT2D eigenvalue weighted by atomic mass is 28.4. The average Bonchev–Trinajstić information content (AvgIpc) is 2.46. The fourth-order valence-electron chi connectivity index (χ4n) is 1.84. The van der Waals surface area contributed by atoms with Crippen molar-refractivity contribution in [1.29, 1.82) is 0 Å². The molecule has 0 saturated carbocycles. The van der Waals surface area contributed by atoms with Crippen LogP contribution >= 0.6 is 0 Å². The first kappa shape index (κ1) is 16.8. The topological polar surface area (TPSA) is 49.3 Å². The van der Waals surface area contributed by atoms with Crippen LogP contribution in [0, 0.1) is 0 Å². The summed E-state index contributed by atoms with van der Waals surface area (Å²) < 4.78 is 22.4. The lowest BCUT2D eigenvalue weighted by Crippen LogP contribution is -2.56. The van der Waals surface area contributed by atoms with Crippen molar-refractivity contribution in [3.8, 4) is 0 Å². The van der Waals surface area contributed by atoms with Gasteiger partial charge in [-0.05, 0) is 32.9 Å². The Kier molecular flexibility index (Phi) is 7.46. The van der Waals surface area contributed by atoms with E-state index in [0.29, 0.717) is 19.8 Å². The first-order valence-corrected chi connectivity index (χ1v) is 8.52. The van der Waals surface area contributed by atoms with Crippen molar-refractivity contribution >= 4 is 26.1 Å². The molecule has 5 nitrogen and oxygen atoms in total. The van der Waals surface area contributed by atoms with Crippen molar-refractivity contribution in [3.05, 3.63) is 24.3 Å². The molecule has 0 saturated heterocycles. The first-order valence-electron chi connectivity index (χ1n) is 6.80. The third-order valence-electron chi connectivity index (χ3n) is 2.51. The molecule has 0 aliphatic rings. The zero-order valence-electron chi connectivity index (χ0n) is 12.6. The lowest BCUT2D eigenvalue weighted by Gasteiger charge is -2.28. The number of methoxy groups -OCH3 is 1. The van der Waals surface area contributed by atoms with Crippen molar-refractivity contribution in [2.45, 2.75) is 20.8 Å². The second-order valence-electron chi connectivity index (χ2n) is 3.88. The van der Waals surface area contributed by atoms with Crippen LogP contribution in [-0.4, -0.2) is 42.1 Å². The Morgan fingerprint density at radius 3 is 2.15 bits per heavy atom. The molecule has 0 N–H and O–H groups in total. The van der Waals surface area contributed by atoms with Crippen LogP contribution in [0.3, 0.4) is 0 Å². The van der Waals surface area contributed by atoms with Gasteiger partial charge in [-0.25, -0.2) is 4.99 Å². The van der Waals surface area contributed by atoms with E-state index in [0.717, 1.165) is 10.9 Å². The van der Waals surface area contributed by atoms with Crippen molar-refractivity contribution in [2.75, 3.05) is 26.9 Å². The van der Waals surface area contributed by atoms with Crippen LogP contribution in [0.5, 0.6) is 0 Å². The highest BCUT2D eigenvalue weighted by Gasteiger charge is 2.43. The zero-order chi connectivity index (χ0) is 14.8. The molecule has 1 rings (SSSR count). The van der Waals surface area contributed by atoms with E-state index in [-0.39, 0.29) is 0 Å². The third-order valence-corrected chi connectivity index (χ3v) is 5.53. The summed E-state index contributed by atoms with van der Waals surface area (Å²) in [5.74, 6) is 0. The number of benzene rings is 1. The molecule has 0 fully saturated rings. The summed E-state index contributed by atoms with van der Waals surface area (Å²) in [5, 5.41) is 0.911. The van der Waals surface area contributed by atoms with Gasteiger partial charge in [0, 0.05) is 25.0 Å². The Morgan fingerprint density at radius 1 is 1.05 bits per heavy atom. The van der Waals surface area contributed by atoms with Gasteiger partial charge < -0.3 is 18.0 Å². The largest absolute Gasteiger partial charge is 0.537 e. The SMILES string of the molecule is CCO[Si](OCC)(OCC)c1cccc(N=COC)c1. The van der Waals surface area contributed by atoms with Crippen molar-refractivity contribution in [1.82, 2.24) is 0 Å². The molecular weight excluding hydrogens is 274 g/mol. The summed E-state index contributed by atoms with van der Waals surface area (Å²) in [4.78, 5) is 4.19. The number of ether oxygens (including phenoxy) is 1. The molecule has 0 unspecified atom stereocenters. The maximum absolute atomic E-state index is 5.87. The molecule has 0 aliphatic carbocycles. The quantitative estimate of drug-likeness (QED) is 0.398. The fourth-order valence-corrected chi connectivity index (χ4v) is 4.35. The maximum atomic E-state index is 5.87. The monoisotopic (exact) mass is 297 g/mol. The molecule has 6 heteroatoms. The number of hydrogen-bond acceptors (Lipinski definition) is 5. The average molecular weight is 297 g/mol. The molecule has 0 spiro atoms. The van der Waals surface area contributed by atoms with Crippen molar-refractivity contribution < 1.29 is 18.0 Å². The molecule has 1 aromatic rings. The van der Waals surface area contributed by atoms with E-state index < -0.39 is 8.80 Å². The van der Waals surface area contributed by atoms with E-state index in [2.05, 4.69) is 4.99 Å². The summed E-state index contributed by atoms with van der Waals surface area (Å²) >= 11 is 0. The molecule has 112 valence electrons. The van der Waals surface area contributed by atoms with Crippen LogP contribution in [-0.2, 0) is 18.0 Å². The Hall–Kier alpha value is -1.21. The van der Waals surface area contributed by atoms with Gasteiger partial charge in [-0.1, -0.05) is 12.1 Å². The maximum Gasteiger partial charge on any atom is 0.537 e. The van der Waals surface area contributed by atoms with Crippen molar-refractivity contribution in [2.24, 2.45) is 4.99 Å². The smallest absolute Gasteiger partial charge is 0.486 e.